The number of carbonyl (C=O) groups excluding carboxylic acids is 1. The minimum absolute atomic E-state index is 0.0813. The number of rotatable bonds is 5. The topological polar surface area (TPSA) is 59.6 Å². The summed E-state index contributed by atoms with van der Waals surface area (Å²) in [6, 6.07) is 3.87. The molecule has 1 aromatic rings. The quantitative estimate of drug-likeness (QED) is 0.734. The van der Waals surface area contributed by atoms with E-state index in [1.54, 1.807) is 12.3 Å². The number of nitrogens with zero attached hydrogens (tertiary/aromatic N) is 2. The number of nitrogens with one attached hydrogen (secondary N) is 1. The van der Waals surface area contributed by atoms with Crippen molar-refractivity contribution in [2.45, 2.75) is 18.6 Å². The average Bonchev–Trinajstić information content (AvgIpc) is 2.88. The van der Waals surface area contributed by atoms with E-state index in [-0.39, 0.29) is 17.9 Å². The van der Waals surface area contributed by atoms with E-state index in [1.807, 2.05) is 20.2 Å². The first kappa shape index (κ1) is 13.3. The Hall–Kier alpha value is -1.17. The summed E-state index contributed by atoms with van der Waals surface area (Å²) in [7, 11) is 4.02. The van der Waals surface area contributed by atoms with Crippen LogP contribution in [-0.2, 0) is 0 Å². The molecule has 0 saturated carbocycles. The van der Waals surface area contributed by atoms with Gasteiger partial charge < -0.3 is 15.0 Å². The van der Waals surface area contributed by atoms with Crippen molar-refractivity contribution in [1.29, 1.82) is 0 Å². The van der Waals surface area contributed by atoms with E-state index in [4.69, 9.17) is 0 Å². The van der Waals surface area contributed by atoms with Gasteiger partial charge in [-0.15, -0.1) is 0 Å². The Morgan fingerprint density at radius 3 is 3.00 bits per heavy atom. The van der Waals surface area contributed by atoms with Crippen molar-refractivity contribution in [3.05, 3.63) is 24.0 Å². The number of carbonyl (C=O) groups is 1. The first-order chi connectivity index (χ1) is 8.56. The largest absolute Gasteiger partial charge is 0.392 e. The number of aliphatic hydroxyl groups is 1. The fourth-order valence-corrected chi connectivity index (χ4v) is 2.54. The van der Waals surface area contributed by atoms with Crippen LogP contribution in [0, 0.1) is 0 Å². The predicted octanol–water partition coefficient (Wildman–Crippen LogP) is 0.194. The highest BCUT2D eigenvalue weighted by atomic mass is 16.3. The fraction of sp³-hybridized carbons (Fsp3) is 0.615. The summed E-state index contributed by atoms with van der Waals surface area (Å²) in [5.74, 6) is 0.0813. The van der Waals surface area contributed by atoms with Crippen LogP contribution in [0.25, 0.3) is 0 Å². The first-order valence-electron chi connectivity index (χ1n) is 6.29. The minimum Gasteiger partial charge on any atom is -0.392 e. The van der Waals surface area contributed by atoms with E-state index in [2.05, 4.69) is 14.8 Å². The number of Topliss-reactive ketones (excluding diaryl/α,β-unsaturated/α-hetero) is 1. The van der Waals surface area contributed by atoms with Gasteiger partial charge in [-0.1, -0.05) is 0 Å². The van der Waals surface area contributed by atoms with Gasteiger partial charge in [-0.05, 0) is 32.6 Å². The van der Waals surface area contributed by atoms with Crippen LogP contribution in [0.15, 0.2) is 18.3 Å². The molecule has 5 heteroatoms. The van der Waals surface area contributed by atoms with Crippen LogP contribution < -0.4 is 0 Å². The maximum atomic E-state index is 12.0. The van der Waals surface area contributed by atoms with E-state index in [0.29, 0.717) is 18.8 Å². The number of hydrogen-bond acceptors (Lipinski definition) is 4. The highest BCUT2D eigenvalue weighted by molar-refractivity contribution is 5.95. The molecule has 0 radical (unpaired) electrons. The van der Waals surface area contributed by atoms with Crippen molar-refractivity contribution in [1.82, 2.24) is 14.8 Å². The van der Waals surface area contributed by atoms with Crippen LogP contribution >= 0.6 is 0 Å². The van der Waals surface area contributed by atoms with Gasteiger partial charge in [0.2, 0.25) is 0 Å². The van der Waals surface area contributed by atoms with Crippen LogP contribution in [0.3, 0.4) is 0 Å². The number of ketones is 1. The Bertz CT molecular complexity index is 389. The molecule has 2 N–H and O–H groups in total. The predicted molar refractivity (Wildman–Crippen MR) is 69.7 cm³/mol. The van der Waals surface area contributed by atoms with Gasteiger partial charge in [0.25, 0.3) is 0 Å². The van der Waals surface area contributed by atoms with Crippen LogP contribution in [-0.4, -0.2) is 71.5 Å². The van der Waals surface area contributed by atoms with Crippen molar-refractivity contribution in [2.24, 2.45) is 0 Å². The van der Waals surface area contributed by atoms with Crippen molar-refractivity contribution < 1.29 is 9.90 Å². The standard InChI is InChI=1S/C13H21N3O2/c1-15(2)7-10-6-11(17)8-16(10)9-13(18)12-4-3-5-14-12/h3-5,10-11,14,17H,6-9H2,1-2H3. The van der Waals surface area contributed by atoms with Gasteiger partial charge in [-0.3, -0.25) is 9.69 Å². The van der Waals surface area contributed by atoms with Crippen molar-refractivity contribution in [2.75, 3.05) is 33.7 Å². The minimum atomic E-state index is -0.314. The SMILES string of the molecule is CN(C)CC1CC(O)CN1CC(=O)c1ccc[nH]1. The number of hydrogen-bond donors (Lipinski definition) is 2. The molecule has 1 fully saturated rings. The summed E-state index contributed by atoms with van der Waals surface area (Å²) in [4.78, 5) is 19.1. The molecular formula is C13H21N3O2. The van der Waals surface area contributed by atoms with Gasteiger partial charge in [0.05, 0.1) is 18.3 Å². The number of aromatic amines is 1. The van der Waals surface area contributed by atoms with Crippen LogP contribution in [0.1, 0.15) is 16.9 Å². The molecule has 18 heavy (non-hydrogen) atoms. The van der Waals surface area contributed by atoms with Gasteiger partial charge in [0, 0.05) is 25.3 Å². The molecule has 5 nitrogen and oxygen atoms in total. The van der Waals surface area contributed by atoms with Crippen molar-refractivity contribution in [3.8, 4) is 0 Å². The molecule has 0 bridgehead atoms. The second kappa shape index (κ2) is 5.65. The first-order valence-corrected chi connectivity index (χ1v) is 6.29. The molecule has 1 aromatic heterocycles. The highest BCUT2D eigenvalue weighted by Gasteiger charge is 2.32. The lowest BCUT2D eigenvalue weighted by molar-refractivity contribution is 0.0898. The molecule has 2 unspecified atom stereocenters. The third-order valence-electron chi connectivity index (χ3n) is 3.33. The Labute approximate surface area is 107 Å². The van der Waals surface area contributed by atoms with Gasteiger partial charge in [0.15, 0.2) is 5.78 Å². The van der Waals surface area contributed by atoms with Gasteiger partial charge in [0.1, 0.15) is 0 Å². The fourth-order valence-electron chi connectivity index (χ4n) is 2.54. The number of likely N-dealkylation sites (tertiary alicyclic amines) is 1. The Kier molecular flexibility index (Phi) is 4.16. The molecule has 0 aliphatic carbocycles. The van der Waals surface area contributed by atoms with Crippen LogP contribution in [0.2, 0.25) is 0 Å². The van der Waals surface area contributed by atoms with E-state index < -0.39 is 0 Å². The van der Waals surface area contributed by atoms with Crippen molar-refractivity contribution in [3.63, 3.8) is 0 Å². The summed E-state index contributed by atoms with van der Waals surface area (Å²) in [6.45, 7) is 1.83. The number of aromatic nitrogens is 1. The third-order valence-corrected chi connectivity index (χ3v) is 3.33. The lowest BCUT2D eigenvalue weighted by Crippen LogP contribution is -2.40. The molecule has 2 atom stereocenters. The van der Waals surface area contributed by atoms with E-state index in [0.717, 1.165) is 13.0 Å². The number of aliphatic hydroxyl groups excluding tert-OH is 1. The Balaban J connectivity index is 1.96. The average molecular weight is 251 g/mol. The molecular weight excluding hydrogens is 230 g/mol. The summed E-state index contributed by atoms with van der Waals surface area (Å²) in [5, 5.41) is 9.75. The maximum Gasteiger partial charge on any atom is 0.192 e. The molecule has 1 aliphatic rings. The zero-order valence-corrected chi connectivity index (χ0v) is 11.0. The van der Waals surface area contributed by atoms with E-state index >= 15 is 0 Å². The molecule has 2 rings (SSSR count). The van der Waals surface area contributed by atoms with Gasteiger partial charge in [-0.2, -0.15) is 0 Å². The smallest absolute Gasteiger partial charge is 0.192 e. The molecule has 100 valence electrons. The number of β-amino-alcohol motifs (C(OH)–C–C–N with tert-alkyl or cyclic N) is 1. The van der Waals surface area contributed by atoms with E-state index in [1.165, 1.54) is 0 Å². The molecule has 0 spiro atoms. The monoisotopic (exact) mass is 251 g/mol. The summed E-state index contributed by atoms with van der Waals surface area (Å²) in [6.07, 6.45) is 2.19. The lowest BCUT2D eigenvalue weighted by atomic mass is 10.2. The lowest BCUT2D eigenvalue weighted by Gasteiger charge is -2.25. The van der Waals surface area contributed by atoms with Crippen molar-refractivity contribution >= 4 is 5.78 Å². The Morgan fingerprint density at radius 1 is 1.61 bits per heavy atom. The summed E-state index contributed by atoms with van der Waals surface area (Å²) in [5.41, 5.74) is 0.639. The van der Waals surface area contributed by atoms with Crippen LogP contribution in [0.5, 0.6) is 0 Å². The van der Waals surface area contributed by atoms with E-state index in [9.17, 15) is 9.90 Å². The normalized spacial score (nSPS) is 24.9. The van der Waals surface area contributed by atoms with Crippen LogP contribution in [0.4, 0.5) is 0 Å². The second-order valence-electron chi connectivity index (χ2n) is 5.24. The van der Waals surface area contributed by atoms with Gasteiger partial charge >= 0.3 is 0 Å². The van der Waals surface area contributed by atoms with Gasteiger partial charge in [-0.25, -0.2) is 0 Å². The maximum absolute atomic E-state index is 12.0. The molecule has 1 saturated heterocycles. The molecule has 0 aromatic carbocycles. The Morgan fingerprint density at radius 2 is 2.39 bits per heavy atom. The summed E-state index contributed by atoms with van der Waals surface area (Å²) >= 11 is 0. The number of likely N-dealkylation sites (N-methyl/N-ethyl adjacent to an activating group) is 1. The summed E-state index contributed by atoms with van der Waals surface area (Å²) < 4.78 is 0. The molecule has 1 aliphatic heterocycles. The molecule has 2 heterocycles. The third kappa shape index (κ3) is 3.19. The zero-order valence-electron chi connectivity index (χ0n) is 11.0. The second-order valence-corrected chi connectivity index (χ2v) is 5.24. The number of H-pyrrole nitrogens is 1. The highest BCUT2D eigenvalue weighted by Crippen LogP contribution is 2.18. The molecule has 0 amide bonds. The zero-order chi connectivity index (χ0) is 13.1.